The van der Waals surface area contributed by atoms with Crippen LogP contribution in [0.4, 0.5) is 0 Å². The quantitative estimate of drug-likeness (QED) is 0.427. The van der Waals surface area contributed by atoms with Crippen molar-refractivity contribution in [3.63, 3.8) is 0 Å². The van der Waals surface area contributed by atoms with Crippen LogP contribution in [0.15, 0.2) is 23.8 Å². The van der Waals surface area contributed by atoms with Crippen LogP contribution in [0.2, 0.25) is 0 Å². The third kappa shape index (κ3) is 3.70. The molecule has 16 heavy (non-hydrogen) atoms. The first kappa shape index (κ1) is 12.8. The van der Waals surface area contributed by atoms with Crippen molar-refractivity contribution in [2.75, 3.05) is 0 Å². The molecule has 0 aromatic carbocycles. The molecule has 3 nitrogen and oxygen atoms in total. The van der Waals surface area contributed by atoms with Crippen LogP contribution in [0.3, 0.4) is 0 Å². The molecule has 86 valence electrons. The lowest BCUT2D eigenvalue weighted by Gasteiger charge is -2.10. The molecule has 1 rings (SSSR count). The Bertz CT molecular complexity index is 378. The van der Waals surface area contributed by atoms with Gasteiger partial charge in [-0.2, -0.15) is 0 Å². The fourth-order valence-corrected chi connectivity index (χ4v) is 1.60. The maximum Gasteiger partial charge on any atom is 0.313 e. The molecular formula is C12H14O3S. The molecule has 0 aliphatic heterocycles. The standard InChI is InChI=1S/C12H14O3S/c1-8(2)15-12(14)7-10(13)9-5-3-4-6-11(9)16/h3-5,8H,6-7H2,1-2H3. The minimum atomic E-state index is -0.502. The van der Waals surface area contributed by atoms with Crippen LogP contribution >= 0.6 is 12.2 Å². The summed E-state index contributed by atoms with van der Waals surface area (Å²) in [6, 6.07) is 0. The van der Waals surface area contributed by atoms with Crippen molar-refractivity contribution in [1.82, 2.24) is 0 Å². The van der Waals surface area contributed by atoms with Gasteiger partial charge in [0.1, 0.15) is 6.42 Å². The molecular weight excluding hydrogens is 224 g/mol. The van der Waals surface area contributed by atoms with Crippen molar-refractivity contribution in [3.05, 3.63) is 23.8 Å². The summed E-state index contributed by atoms with van der Waals surface area (Å²) in [6.45, 7) is 3.49. The maximum atomic E-state index is 11.7. The first-order valence-corrected chi connectivity index (χ1v) is 5.54. The summed E-state index contributed by atoms with van der Waals surface area (Å²) in [5.41, 5.74) is 0.457. The monoisotopic (exact) mass is 238 g/mol. The van der Waals surface area contributed by atoms with Crippen molar-refractivity contribution in [2.24, 2.45) is 0 Å². The Labute approximate surface area is 100 Å². The molecule has 1 aliphatic rings. The molecule has 1 aliphatic carbocycles. The summed E-state index contributed by atoms with van der Waals surface area (Å²) in [6.07, 6.45) is 5.45. The fraction of sp³-hybridized carbons (Fsp3) is 0.417. The van der Waals surface area contributed by atoms with Crippen molar-refractivity contribution < 1.29 is 14.3 Å². The summed E-state index contributed by atoms with van der Waals surface area (Å²) in [5, 5.41) is 0. The van der Waals surface area contributed by atoms with E-state index >= 15 is 0 Å². The SMILES string of the molecule is CC(C)OC(=O)CC(=O)C1=CC=CCC1=S. The molecule has 4 heteroatoms. The van der Waals surface area contributed by atoms with E-state index in [1.807, 2.05) is 6.08 Å². The Kier molecular flexibility index (Phi) is 4.55. The van der Waals surface area contributed by atoms with Gasteiger partial charge in [0.2, 0.25) is 0 Å². The van der Waals surface area contributed by atoms with E-state index in [0.717, 1.165) is 0 Å². The Hall–Kier alpha value is -1.29. The summed E-state index contributed by atoms with van der Waals surface area (Å²) in [4.78, 5) is 23.6. The van der Waals surface area contributed by atoms with E-state index < -0.39 is 5.97 Å². The van der Waals surface area contributed by atoms with Crippen molar-refractivity contribution >= 4 is 28.8 Å². The van der Waals surface area contributed by atoms with E-state index in [2.05, 4.69) is 0 Å². The maximum absolute atomic E-state index is 11.7. The molecule has 0 amide bonds. The van der Waals surface area contributed by atoms with Crippen LogP contribution in [-0.4, -0.2) is 22.7 Å². The smallest absolute Gasteiger partial charge is 0.313 e. The number of rotatable bonds is 4. The largest absolute Gasteiger partial charge is 0.463 e. The van der Waals surface area contributed by atoms with E-state index in [1.165, 1.54) is 0 Å². The van der Waals surface area contributed by atoms with Gasteiger partial charge in [-0.15, -0.1) is 0 Å². The van der Waals surface area contributed by atoms with Crippen LogP contribution in [0, 0.1) is 0 Å². The van der Waals surface area contributed by atoms with E-state index in [1.54, 1.807) is 26.0 Å². The van der Waals surface area contributed by atoms with Gasteiger partial charge in [-0.3, -0.25) is 9.59 Å². The van der Waals surface area contributed by atoms with Gasteiger partial charge >= 0.3 is 5.97 Å². The number of Topliss-reactive ketones (excluding diaryl/α,β-unsaturated/α-hetero) is 1. The zero-order valence-electron chi connectivity index (χ0n) is 9.36. The van der Waals surface area contributed by atoms with Crippen LogP contribution in [0.25, 0.3) is 0 Å². The van der Waals surface area contributed by atoms with Gasteiger partial charge in [0.15, 0.2) is 5.78 Å². The second kappa shape index (κ2) is 5.70. The van der Waals surface area contributed by atoms with E-state index in [0.29, 0.717) is 16.9 Å². The zero-order valence-corrected chi connectivity index (χ0v) is 10.2. The number of carbonyl (C=O) groups excluding carboxylic acids is 2. The van der Waals surface area contributed by atoms with Gasteiger partial charge in [0.05, 0.1) is 6.10 Å². The molecule has 0 radical (unpaired) electrons. The highest BCUT2D eigenvalue weighted by atomic mass is 32.1. The lowest BCUT2D eigenvalue weighted by molar-refractivity contribution is -0.148. The summed E-state index contributed by atoms with van der Waals surface area (Å²) >= 11 is 5.05. The zero-order chi connectivity index (χ0) is 12.1. The third-order valence-electron chi connectivity index (χ3n) is 1.98. The number of carbonyl (C=O) groups is 2. The number of hydrogen-bond acceptors (Lipinski definition) is 4. The molecule has 0 saturated carbocycles. The Morgan fingerprint density at radius 1 is 1.50 bits per heavy atom. The number of ether oxygens (including phenoxy) is 1. The minimum absolute atomic E-state index is 0.201. The molecule has 0 aromatic heterocycles. The molecule has 0 unspecified atom stereocenters. The highest BCUT2D eigenvalue weighted by molar-refractivity contribution is 7.81. The molecule has 0 saturated heterocycles. The highest BCUT2D eigenvalue weighted by Gasteiger charge is 2.19. The van der Waals surface area contributed by atoms with Gasteiger partial charge in [-0.25, -0.2) is 0 Å². The van der Waals surface area contributed by atoms with Gasteiger partial charge in [-0.1, -0.05) is 30.4 Å². The third-order valence-corrected chi connectivity index (χ3v) is 2.36. The van der Waals surface area contributed by atoms with Crippen LogP contribution in [-0.2, 0) is 14.3 Å². The first-order valence-electron chi connectivity index (χ1n) is 5.13. The van der Waals surface area contributed by atoms with E-state index in [-0.39, 0.29) is 18.3 Å². The predicted octanol–water partition coefficient (Wildman–Crippen LogP) is 2.15. The van der Waals surface area contributed by atoms with Crippen LogP contribution < -0.4 is 0 Å². The van der Waals surface area contributed by atoms with Gasteiger partial charge in [-0.05, 0) is 13.8 Å². The average molecular weight is 238 g/mol. The number of thiocarbonyl (C=S) groups is 1. The molecule has 0 atom stereocenters. The normalized spacial score (nSPS) is 14.9. The molecule has 0 heterocycles. The van der Waals surface area contributed by atoms with Gasteiger partial charge in [0, 0.05) is 16.9 Å². The average Bonchev–Trinajstić information content (AvgIpc) is 2.16. The molecule has 0 bridgehead atoms. The van der Waals surface area contributed by atoms with Gasteiger partial charge in [0.25, 0.3) is 0 Å². The number of allylic oxidation sites excluding steroid dienone is 4. The fourth-order valence-electron chi connectivity index (χ4n) is 1.32. The minimum Gasteiger partial charge on any atom is -0.463 e. The van der Waals surface area contributed by atoms with Crippen LogP contribution in [0.5, 0.6) is 0 Å². The Morgan fingerprint density at radius 2 is 2.19 bits per heavy atom. The van der Waals surface area contributed by atoms with Gasteiger partial charge < -0.3 is 4.74 Å². The number of ketones is 1. The number of hydrogen-bond donors (Lipinski definition) is 0. The van der Waals surface area contributed by atoms with E-state index in [4.69, 9.17) is 17.0 Å². The Balaban J connectivity index is 2.59. The molecule has 0 spiro atoms. The second-order valence-corrected chi connectivity index (χ2v) is 4.27. The molecule has 0 aromatic rings. The summed E-state index contributed by atoms with van der Waals surface area (Å²) in [5.74, 6) is -0.766. The van der Waals surface area contributed by atoms with Crippen molar-refractivity contribution in [2.45, 2.75) is 32.8 Å². The predicted molar refractivity (Wildman–Crippen MR) is 65.3 cm³/mol. The van der Waals surface area contributed by atoms with E-state index in [9.17, 15) is 9.59 Å². The van der Waals surface area contributed by atoms with Crippen molar-refractivity contribution in [3.8, 4) is 0 Å². The lowest BCUT2D eigenvalue weighted by Crippen LogP contribution is -2.19. The first-order chi connectivity index (χ1) is 7.50. The summed E-state index contributed by atoms with van der Waals surface area (Å²) in [7, 11) is 0. The molecule has 0 fully saturated rings. The second-order valence-electron chi connectivity index (χ2n) is 3.77. The molecule has 0 N–H and O–H groups in total. The lowest BCUT2D eigenvalue weighted by atomic mass is 9.99. The topological polar surface area (TPSA) is 43.4 Å². The highest BCUT2D eigenvalue weighted by Crippen LogP contribution is 2.13. The van der Waals surface area contributed by atoms with Crippen molar-refractivity contribution in [1.29, 1.82) is 0 Å². The Morgan fingerprint density at radius 3 is 2.75 bits per heavy atom. The van der Waals surface area contributed by atoms with Crippen LogP contribution in [0.1, 0.15) is 26.7 Å². The summed E-state index contributed by atoms with van der Waals surface area (Å²) < 4.78 is 4.90. The number of esters is 1.